The van der Waals surface area contributed by atoms with Gasteiger partial charge in [0.25, 0.3) is 5.91 Å². The van der Waals surface area contributed by atoms with Gasteiger partial charge in [-0.2, -0.15) is 0 Å². The average molecular weight is 217 g/mol. The minimum Gasteiger partial charge on any atom is -0.507 e. The number of carbonyl (C=O) groups is 1. The minimum atomic E-state index is -0.461. The highest BCUT2D eigenvalue weighted by Gasteiger charge is 2.14. The lowest BCUT2D eigenvalue weighted by Gasteiger charge is -2.08. The highest BCUT2D eigenvalue weighted by Crippen LogP contribution is 2.26. The molecule has 0 fully saturated rings. The van der Waals surface area contributed by atoms with Gasteiger partial charge in [0, 0.05) is 0 Å². The molecule has 2 N–H and O–H groups in total. The first-order valence-corrected chi connectivity index (χ1v) is 4.78. The normalized spacial score (nSPS) is 10.3. The number of aromatic hydroxyl groups is 1. The molecule has 2 aromatic rings. The first-order chi connectivity index (χ1) is 7.74. The molecule has 0 saturated heterocycles. The Hall–Kier alpha value is -2.07. The highest BCUT2D eigenvalue weighted by molar-refractivity contribution is 6.09. The summed E-state index contributed by atoms with van der Waals surface area (Å²) in [6, 6.07) is 10.6. The van der Waals surface area contributed by atoms with Crippen LogP contribution in [-0.4, -0.2) is 18.1 Å². The summed E-state index contributed by atoms with van der Waals surface area (Å²) in [5.41, 5.74) is 2.42. The molecule has 4 heteroatoms. The van der Waals surface area contributed by atoms with E-state index >= 15 is 0 Å². The first kappa shape index (κ1) is 10.4. The fraction of sp³-hybridized carbons (Fsp3) is 0.0833. The molecule has 0 bridgehead atoms. The van der Waals surface area contributed by atoms with Crippen molar-refractivity contribution in [2.75, 3.05) is 7.11 Å². The Labute approximate surface area is 92.4 Å². The Balaban J connectivity index is 2.66. The number of carbonyl (C=O) groups excluding carboxylic acids is 1. The third kappa shape index (κ3) is 1.70. The van der Waals surface area contributed by atoms with E-state index in [0.717, 1.165) is 5.39 Å². The van der Waals surface area contributed by atoms with Crippen molar-refractivity contribution in [3.63, 3.8) is 0 Å². The van der Waals surface area contributed by atoms with Crippen LogP contribution in [0.5, 0.6) is 5.75 Å². The van der Waals surface area contributed by atoms with E-state index in [2.05, 4.69) is 10.3 Å². The van der Waals surface area contributed by atoms with Gasteiger partial charge in [0.1, 0.15) is 5.75 Å². The number of amides is 1. The summed E-state index contributed by atoms with van der Waals surface area (Å²) < 4.78 is 0. The van der Waals surface area contributed by atoms with E-state index in [0.29, 0.717) is 5.39 Å². The third-order valence-electron chi connectivity index (χ3n) is 2.33. The van der Waals surface area contributed by atoms with Crippen molar-refractivity contribution in [2.24, 2.45) is 0 Å². The second-order valence-corrected chi connectivity index (χ2v) is 3.32. The Morgan fingerprint density at radius 3 is 2.75 bits per heavy atom. The molecule has 0 unspecified atom stereocenters. The van der Waals surface area contributed by atoms with Crippen LogP contribution >= 0.6 is 0 Å². The SMILES string of the molecule is CONC(=O)c1c(O)ccc2ccccc12. The van der Waals surface area contributed by atoms with Gasteiger partial charge in [-0.15, -0.1) is 0 Å². The van der Waals surface area contributed by atoms with E-state index in [9.17, 15) is 9.90 Å². The monoisotopic (exact) mass is 217 g/mol. The molecule has 2 aromatic carbocycles. The second-order valence-electron chi connectivity index (χ2n) is 3.32. The van der Waals surface area contributed by atoms with Crippen LogP contribution in [0.1, 0.15) is 10.4 Å². The van der Waals surface area contributed by atoms with Crippen molar-refractivity contribution in [3.8, 4) is 5.75 Å². The Morgan fingerprint density at radius 2 is 2.00 bits per heavy atom. The summed E-state index contributed by atoms with van der Waals surface area (Å²) in [7, 11) is 1.35. The number of rotatable bonds is 2. The quantitative estimate of drug-likeness (QED) is 0.754. The number of fused-ring (bicyclic) bond motifs is 1. The average Bonchev–Trinajstić information content (AvgIpc) is 2.29. The summed E-state index contributed by atoms with van der Waals surface area (Å²) >= 11 is 0. The molecule has 0 aliphatic rings. The lowest BCUT2D eigenvalue weighted by Crippen LogP contribution is -2.22. The maximum Gasteiger partial charge on any atom is 0.279 e. The lowest BCUT2D eigenvalue weighted by atomic mass is 10.0. The molecule has 0 aromatic heterocycles. The molecule has 0 saturated carbocycles. The molecule has 0 aliphatic carbocycles. The van der Waals surface area contributed by atoms with E-state index in [1.807, 2.05) is 18.2 Å². The number of phenolic OH excluding ortho intramolecular Hbond substituents is 1. The molecule has 16 heavy (non-hydrogen) atoms. The van der Waals surface area contributed by atoms with Crippen LogP contribution < -0.4 is 5.48 Å². The van der Waals surface area contributed by atoms with Gasteiger partial charge in [-0.05, 0) is 16.8 Å². The van der Waals surface area contributed by atoms with Crippen molar-refractivity contribution in [1.82, 2.24) is 5.48 Å². The van der Waals surface area contributed by atoms with Crippen LogP contribution in [0, 0.1) is 0 Å². The molecule has 0 atom stereocenters. The molecular weight excluding hydrogens is 206 g/mol. The van der Waals surface area contributed by atoms with E-state index in [-0.39, 0.29) is 11.3 Å². The smallest absolute Gasteiger partial charge is 0.279 e. The molecule has 4 nitrogen and oxygen atoms in total. The maximum absolute atomic E-state index is 11.7. The molecule has 1 amide bonds. The van der Waals surface area contributed by atoms with Gasteiger partial charge < -0.3 is 5.11 Å². The standard InChI is InChI=1S/C12H11NO3/c1-16-13-12(15)11-9-5-3-2-4-8(9)6-7-10(11)14/h2-7,14H,1H3,(H,13,15). The summed E-state index contributed by atoms with van der Waals surface area (Å²) in [5.74, 6) is -0.523. The second kappa shape index (κ2) is 4.20. The molecule has 0 heterocycles. The number of hydrogen-bond acceptors (Lipinski definition) is 3. The number of phenols is 1. The molecule has 2 rings (SSSR count). The molecule has 0 spiro atoms. The lowest BCUT2D eigenvalue weighted by molar-refractivity contribution is 0.0537. The van der Waals surface area contributed by atoms with Crippen molar-refractivity contribution < 1.29 is 14.7 Å². The number of hydroxylamine groups is 1. The molecule has 0 radical (unpaired) electrons. The third-order valence-corrected chi connectivity index (χ3v) is 2.33. The van der Waals surface area contributed by atoms with Crippen LogP contribution in [0.25, 0.3) is 10.8 Å². The fourth-order valence-corrected chi connectivity index (χ4v) is 1.64. The van der Waals surface area contributed by atoms with Gasteiger partial charge in [0.15, 0.2) is 0 Å². The highest BCUT2D eigenvalue weighted by atomic mass is 16.6. The molecular formula is C12H11NO3. The number of nitrogens with one attached hydrogen (secondary N) is 1. The molecule has 82 valence electrons. The van der Waals surface area contributed by atoms with E-state index in [4.69, 9.17) is 0 Å². The summed E-state index contributed by atoms with van der Waals surface area (Å²) in [6.07, 6.45) is 0. The van der Waals surface area contributed by atoms with Gasteiger partial charge in [0.2, 0.25) is 0 Å². The summed E-state index contributed by atoms with van der Waals surface area (Å²) in [5, 5.41) is 11.3. The zero-order chi connectivity index (χ0) is 11.5. The van der Waals surface area contributed by atoms with Crippen LogP contribution in [-0.2, 0) is 4.84 Å². The van der Waals surface area contributed by atoms with Gasteiger partial charge >= 0.3 is 0 Å². The Bertz CT molecular complexity index is 537. The first-order valence-electron chi connectivity index (χ1n) is 4.78. The number of benzene rings is 2. The summed E-state index contributed by atoms with van der Waals surface area (Å²) in [6.45, 7) is 0. The largest absolute Gasteiger partial charge is 0.507 e. The molecule has 0 aliphatic heterocycles. The van der Waals surface area contributed by atoms with Crippen molar-refractivity contribution in [2.45, 2.75) is 0 Å². The Kier molecular flexibility index (Phi) is 2.74. The topological polar surface area (TPSA) is 58.6 Å². The van der Waals surface area contributed by atoms with E-state index in [1.165, 1.54) is 13.2 Å². The van der Waals surface area contributed by atoms with Gasteiger partial charge in [-0.25, -0.2) is 5.48 Å². The van der Waals surface area contributed by atoms with E-state index < -0.39 is 5.91 Å². The van der Waals surface area contributed by atoms with E-state index in [1.54, 1.807) is 12.1 Å². The van der Waals surface area contributed by atoms with Crippen LogP contribution in [0.2, 0.25) is 0 Å². The zero-order valence-corrected chi connectivity index (χ0v) is 8.73. The predicted octanol–water partition coefficient (Wildman–Crippen LogP) is 1.84. The van der Waals surface area contributed by atoms with Crippen LogP contribution in [0.3, 0.4) is 0 Å². The summed E-state index contributed by atoms with van der Waals surface area (Å²) in [4.78, 5) is 16.2. The van der Waals surface area contributed by atoms with Gasteiger partial charge in [0.05, 0.1) is 12.7 Å². The number of hydrogen-bond donors (Lipinski definition) is 2. The van der Waals surface area contributed by atoms with Crippen molar-refractivity contribution in [3.05, 3.63) is 42.0 Å². The minimum absolute atomic E-state index is 0.0618. The van der Waals surface area contributed by atoms with Crippen molar-refractivity contribution in [1.29, 1.82) is 0 Å². The Morgan fingerprint density at radius 1 is 1.25 bits per heavy atom. The van der Waals surface area contributed by atoms with Crippen LogP contribution in [0.15, 0.2) is 36.4 Å². The maximum atomic E-state index is 11.7. The van der Waals surface area contributed by atoms with Gasteiger partial charge in [-0.3, -0.25) is 9.63 Å². The van der Waals surface area contributed by atoms with Crippen molar-refractivity contribution >= 4 is 16.7 Å². The fourth-order valence-electron chi connectivity index (χ4n) is 1.64. The predicted molar refractivity (Wildman–Crippen MR) is 60.1 cm³/mol. The van der Waals surface area contributed by atoms with Crippen LogP contribution in [0.4, 0.5) is 0 Å². The zero-order valence-electron chi connectivity index (χ0n) is 8.73. The van der Waals surface area contributed by atoms with Gasteiger partial charge in [-0.1, -0.05) is 30.3 Å².